The third-order valence-electron chi connectivity index (χ3n) is 7.08. The van der Waals surface area contributed by atoms with Crippen LogP contribution in [0, 0.1) is 0 Å². The summed E-state index contributed by atoms with van der Waals surface area (Å²) in [6, 6.07) is 17.3. The molecule has 2 unspecified atom stereocenters. The van der Waals surface area contributed by atoms with Crippen molar-refractivity contribution >= 4 is 29.5 Å². The number of benzene rings is 2. The Labute approximate surface area is 211 Å². The number of amides is 3. The number of carbonyl (C=O) groups excluding carboxylic acids is 2. The van der Waals surface area contributed by atoms with Gasteiger partial charge in [-0.3, -0.25) is 15.0 Å². The number of piperazine rings is 1. The van der Waals surface area contributed by atoms with Crippen LogP contribution in [0.15, 0.2) is 59.6 Å². The summed E-state index contributed by atoms with van der Waals surface area (Å²) < 4.78 is 0. The van der Waals surface area contributed by atoms with Gasteiger partial charge < -0.3 is 14.7 Å². The molecule has 0 aliphatic carbocycles. The Balaban J connectivity index is 1.27. The number of halogens is 1. The first-order chi connectivity index (χ1) is 17.0. The number of hydrogen-bond donors (Lipinski definition) is 1. The van der Waals surface area contributed by atoms with Crippen LogP contribution in [0.4, 0.5) is 4.79 Å². The van der Waals surface area contributed by atoms with E-state index in [1.54, 1.807) is 7.05 Å². The summed E-state index contributed by atoms with van der Waals surface area (Å²) in [5.74, 6) is 0.448. The molecule has 184 valence electrons. The van der Waals surface area contributed by atoms with Crippen molar-refractivity contribution in [3.05, 3.63) is 70.7 Å². The zero-order valence-corrected chi connectivity index (χ0v) is 20.7. The van der Waals surface area contributed by atoms with E-state index in [0.717, 1.165) is 57.1 Å². The van der Waals surface area contributed by atoms with E-state index in [1.807, 2.05) is 29.2 Å². The minimum absolute atomic E-state index is 0.316. The average Bonchev–Trinajstić information content (AvgIpc) is 3.25. The van der Waals surface area contributed by atoms with Crippen LogP contribution in [0.5, 0.6) is 0 Å². The van der Waals surface area contributed by atoms with Crippen molar-refractivity contribution in [3.63, 3.8) is 0 Å². The first-order valence-electron chi connectivity index (χ1n) is 12.2. The van der Waals surface area contributed by atoms with Crippen molar-refractivity contribution in [2.24, 2.45) is 4.99 Å². The highest BCUT2D eigenvalue weighted by atomic mass is 35.5. The monoisotopic (exact) mass is 494 g/mol. The third kappa shape index (κ3) is 4.99. The second kappa shape index (κ2) is 10.3. The Hall–Kier alpha value is -3.10. The van der Waals surface area contributed by atoms with Crippen LogP contribution >= 0.6 is 11.6 Å². The Bertz CT molecular complexity index is 1100. The summed E-state index contributed by atoms with van der Waals surface area (Å²) in [6.45, 7) is 5.02. The molecule has 9 heteroatoms. The Morgan fingerprint density at radius 2 is 1.71 bits per heavy atom. The van der Waals surface area contributed by atoms with Gasteiger partial charge >= 0.3 is 6.03 Å². The fraction of sp³-hybridized carbons (Fsp3) is 0.423. The Morgan fingerprint density at radius 3 is 2.46 bits per heavy atom. The number of carbonyl (C=O) groups is 2. The first-order valence-corrected chi connectivity index (χ1v) is 12.6. The highest BCUT2D eigenvalue weighted by Crippen LogP contribution is 2.29. The van der Waals surface area contributed by atoms with Crippen molar-refractivity contribution in [2.45, 2.75) is 31.6 Å². The Kier molecular flexibility index (Phi) is 6.92. The molecule has 2 atom stereocenters. The number of urea groups is 1. The summed E-state index contributed by atoms with van der Waals surface area (Å²) in [4.78, 5) is 38.3. The molecule has 0 bridgehead atoms. The zero-order chi connectivity index (χ0) is 24.4. The van der Waals surface area contributed by atoms with Crippen molar-refractivity contribution in [1.29, 1.82) is 0 Å². The van der Waals surface area contributed by atoms with E-state index in [9.17, 15) is 9.59 Å². The lowest BCUT2D eigenvalue weighted by Gasteiger charge is -2.40. The van der Waals surface area contributed by atoms with Crippen LogP contribution in [0.1, 0.15) is 17.5 Å². The number of aryl methyl sites for hydroxylation is 1. The van der Waals surface area contributed by atoms with E-state index >= 15 is 0 Å². The van der Waals surface area contributed by atoms with Gasteiger partial charge in [-0.15, -0.1) is 0 Å². The van der Waals surface area contributed by atoms with Crippen LogP contribution in [-0.4, -0.2) is 89.5 Å². The number of fused-ring (bicyclic) bond motifs is 1. The van der Waals surface area contributed by atoms with Crippen LogP contribution in [0.3, 0.4) is 0 Å². The molecule has 2 aromatic carbocycles. The maximum Gasteiger partial charge on any atom is 0.325 e. The van der Waals surface area contributed by atoms with Gasteiger partial charge in [0.25, 0.3) is 5.91 Å². The van der Waals surface area contributed by atoms with Gasteiger partial charge in [0.1, 0.15) is 0 Å². The number of nitrogens with one attached hydrogen (secondary N) is 1. The summed E-state index contributed by atoms with van der Waals surface area (Å²) in [5.41, 5.74) is 2.30. The first kappa shape index (κ1) is 23.6. The third-order valence-corrected chi connectivity index (χ3v) is 7.44. The Morgan fingerprint density at radius 1 is 1.00 bits per heavy atom. The predicted molar refractivity (Wildman–Crippen MR) is 136 cm³/mol. The van der Waals surface area contributed by atoms with E-state index in [4.69, 9.17) is 16.6 Å². The number of hydrogen-bond acceptors (Lipinski definition) is 6. The molecule has 8 nitrogen and oxygen atoms in total. The van der Waals surface area contributed by atoms with Gasteiger partial charge in [0.15, 0.2) is 18.2 Å². The number of rotatable bonds is 6. The molecule has 3 heterocycles. The smallest absolute Gasteiger partial charge is 0.325 e. The standard InChI is InChI=1S/C26H31ClN6O2/c1-30-23-22(24(34)29-26(30)35)33(18-20-11-5-6-12-21(20)27)25(28-23)32-16-14-31(15-17-32)13-7-10-19-8-3-2-4-9-19/h2-6,8-9,11-12,22-23H,7,10,13-18H2,1H3,(H,29,34,35). The lowest BCUT2D eigenvalue weighted by Crippen LogP contribution is -2.64. The van der Waals surface area contributed by atoms with E-state index < -0.39 is 18.2 Å². The SMILES string of the molecule is CN1C(=O)NC(=O)C2C1N=C(N1CCN(CCCc3ccccc3)CC1)N2Cc1ccccc1Cl. The minimum Gasteiger partial charge on any atom is -0.340 e. The molecule has 1 N–H and O–H groups in total. The topological polar surface area (TPSA) is 71.5 Å². The minimum atomic E-state index is -0.576. The summed E-state index contributed by atoms with van der Waals surface area (Å²) in [6.07, 6.45) is 1.66. The molecule has 0 aromatic heterocycles. The molecule has 2 saturated heterocycles. The normalized spacial score (nSPS) is 22.8. The predicted octanol–water partition coefficient (Wildman–Crippen LogP) is 2.64. The molecule has 3 aliphatic heterocycles. The molecule has 0 saturated carbocycles. The van der Waals surface area contributed by atoms with E-state index in [-0.39, 0.29) is 5.91 Å². The van der Waals surface area contributed by atoms with Crippen LogP contribution in [0.25, 0.3) is 0 Å². The van der Waals surface area contributed by atoms with Crippen LogP contribution in [-0.2, 0) is 17.8 Å². The number of aliphatic imine (C=N–C) groups is 1. The molecule has 0 radical (unpaired) electrons. The molecule has 2 aromatic rings. The molecular weight excluding hydrogens is 464 g/mol. The fourth-order valence-electron chi connectivity index (χ4n) is 5.08. The van der Waals surface area contributed by atoms with E-state index in [1.165, 1.54) is 10.5 Å². The van der Waals surface area contributed by atoms with Gasteiger partial charge in [-0.25, -0.2) is 9.79 Å². The van der Waals surface area contributed by atoms with Crippen LogP contribution in [0.2, 0.25) is 5.02 Å². The molecule has 3 aliphatic rings. The maximum atomic E-state index is 12.9. The second-order valence-corrected chi connectivity index (χ2v) is 9.74. The van der Waals surface area contributed by atoms with Gasteiger partial charge in [0, 0.05) is 44.8 Å². The lowest BCUT2D eigenvalue weighted by atomic mass is 10.1. The number of guanidine groups is 1. The van der Waals surface area contributed by atoms with Gasteiger partial charge in [-0.1, -0.05) is 60.1 Å². The maximum absolute atomic E-state index is 12.9. The largest absolute Gasteiger partial charge is 0.340 e. The number of likely N-dealkylation sites (N-methyl/N-ethyl adjacent to an activating group) is 1. The highest BCUT2D eigenvalue weighted by molar-refractivity contribution is 6.31. The van der Waals surface area contributed by atoms with Crippen LogP contribution < -0.4 is 5.32 Å². The van der Waals surface area contributed by atoms with Crippen molar-refractivity contribution in [1.82, 2.24) is 24.9 Å². The van der Waals surface area contributed by atoms with Crippen molar-refractivity contribution < 1.29 is 9.59 Å². The van der Waals surface area contributed by atoms with E-state index in [0.29, 0.717) is 11.6 Å². The summed E-state index contributed by atoms with van der Waals surface area (Å²) in [7, 11) is 1.68. The molecule has 0 spiro atoms. The highest BCUT2D eigenvalue weighted by Gasteiger charge is 2.49. The average molecular weight is 495 g/mol. The van der Waals surface area contributed by atoms with Crippen molar-refractivity contribution in [2.75, 3.05) is 39.8 Å². The summed E-state index contributed by atoms with van der Waals surface area (Å²) in [5, 5.41) is 3.12. The molecule has 3 amide bonds. The molecule has 2 fully saturated rings. The van der Waals surface area contributed by atoms with Gasteiger partial charge in [0.05, 0.1) is 0 Å². The quantitative estimate of drug-likeness (QED) is 0.668. The van der Waals surface area contributed by atoms with Gasteiger partial charge in [0.2, 0.25) is 0 Å². The fourth-order valence-corrected chi connectivity index (χ4v) is 5.27. The molecular formula is C26H31ClN6O2. The van der Waals surface area contributed by atoms with E-state index in [2.05, 4.69) is 45.4 Å². The number of nitrogens with zero attached hydrogens (tertiary/aromatic N) is 5. The summed E-state index contributed by atoms with van der Waals surface area (Å²) >= 11 is 6.46. The van der Waals surface area contributed by atoms with Crippen molar-refractivity contribution in [3.8, 4) is 0 Å². The molecule has 35 heavy (non-hydrogen) atoms. The van der Waals surface area contributed by atoms with Gasteiger partial charge in [-0.05, 0) is 36.6 Å². The number of imide groups is 1. The zero-order valence-electron chi connectivity index (χ0n) is 19.9. The lowest BCUT2D eigenvalue weighted by molar-refractivity contribution is -0.127. The second-order valence-electron chi connectivity index (χ2n) is 9.33. The van der Waals surface area contributed by atoms with Gasteiger partial charge in [-0.2, -0.15) is 0 Å². The molecule has 5 rings (SSSR count).